The van der Waals surface area contributed by atoms with Crippen LogP contribution in [0.25, 0.3) is 21.2 Å². The number of benzene rings is 3. The Morgan fingerprint density at radius 1 is 1.05 bits per heavy atom. The van der Waals surface area contributed by atoms with E-state index >= 15 is 0 Å². The van der Waals surface area contributed by atoms with Crippen LogP contribution in [0.5, 0.6) is 17.2 Å². The minimum Gasteiger partial charge on any atom is -0.489 e. The molecule has 0 spiro atoms. The largest absolute Gasteiger partial charge is 0.489 e. The molecule has 7 nitrogen and oxygen atoms in total. The fourth-order valence-corrected chi connectivity index (χ4v) is 5.44. The van der Waals surface area contributed by atoms with Crippen molar-refractivity contribution in [1.29, 1.82) is 0 Å². The minimum atomic E-state index is -0.00539. The number of H-pyrrole nitrogens is 1. The lowest BCUT2D eigenvalue weighted by molar-refractivity contribution is 0.172. The molecule has 2 aromatic heterocycles. The molecule has 1 aliphatic rings. The molecule has 1 unspecified atom stereocenters. The lowest BCUT2D eigenvalue weighted by Gasteiger charge is -2.20. The number of rotatable bonds is 7. The van der Waals surface area contributed by atoms with E-state index in [1.807, 2.05) is 43.3 Å². The SMILES string of the molecule is CC#CC(Cc1nn[nH]n1)c1ccc(OCc2ccc3scc(-c4cccc5c4OCCO5)c3c2)cc1. The van der Waals surface area contributed by atoms with Crippen molar-refractivity contribution in [1.82, 2.24) is 20.6 Å². The van der Waals surface area contributed by atoms with Gasteiger partial charge in [0.1, 0.15) is 25.6 Å². The number of nitrogens with zero attached hydrogens (tertiary/aromatic N) is 3. The van der Waals surface area contributed by atoms with Crippen LogP contribution in [0.1, 0.15) is 29.8 Å². The zero-order valence-corrected chi connectivity index (χ0v) is 21.0. The average Bonchev–Trinajstić information content (AvgIpc) is 3.61. The number of nitrogens with one attached hydrogen (secondary N) is 1. The van der Waals surface area contributed by atoms with Gasteiger partial charge < -0.3 is 14.2 Å². The van der Waals surface area contributed by atoms with Crippen LogP contribution in [0.2, 0.25) is 0 Å². The third-order valence-corrected chi connectivity index (χ3v) is 7.24. The number of hydrogen-bond donors (Lipinski definition) is 1. The van der Waals surface area contributed by atoms with Crippen LogP contribution < -0.4 is 14.2 Å². The standard InChI is InChI=1S/C29H24N4O3S/c1-2-4-21(16-28-30-32-33-31-28)20-8-10-22(11-9-20)36-17-19-7-12-27-24(15-19)25(18-37-27)23-5-3-6-26-29(23)35-14-13-34-26/h3,5-12,15,18,21H,13-14,16-17H2,1H3,(H,30,31,32,33). The van der Waals surface area contributed by atoms with Gasteiger partial charge in [-0.05, 0) is 53.8 Å². The molecule has 0 radical (unpaired) electrons. The molecular formula is C29H24N4O3S. The summed E-state index contributed by atoms with van der Waals surface area (Å²) in [7, 11) is 0. The summed E-state index contributed by atoms with van der Waals surface area (Å²) in [6, 6.07) is 20.6. The van der Waals surface area contributed by atoms with Gasteiger partial charge in [-0.1, -0.05) is 41.5 Å². The van der Waals surface area contributed by atoms with Crippen molar-refractivity contribution >= 4 is 21.4 Å². The van der Waals surface area contributed by atoms with Gasteiger partial charge in [-0.15, -0.1) is 27.5 Å². The Labute approximate surface area is 218 Å². The predicted molar refractivity (Wildman–Crippen MR) is 143 cm³/mol. The molecule has 0 amide bonds. The highest BCUT2D eigenvalue weighted by Crippen LogP contribution is 2.44. The van der Waals surface area contributed by atoms with Crippen LogP contribution in [-0.2, 0) is 13.0 Å². The van der Waals surface area contributed by atoms with Gasteiger partial charge in [-0.2, -0.15) is 5.21 Å². The third kappa shape index (κ3) is 4.86. The van der Waals surface area contributed by atoms with Crippen molar-refractivity contribution in [2.45, 2.75) is 25.9 Å². The molecule has 3 aromatic carbocycles. The molecule has 5 aromatic rings. The summed E-state index contributed by atoms with van der Waals surface area (Å²) >= 11 is 1.73. The van der Waals surface area contributed by atoms with E-state index in [0.29, 0.717) is 32.1 Å². The van der Waals surface area contributed by atoms with E-state index in [2.05, 4.69) is 62.1 Å². The second-order valence-electron chi connectivity index (χ2n) is 8.65. The fourth-order valence-electron chi connectivity index (χ4n) is 4.50. The first kappa shape index (κ1) is 23.1. The van der Waals surface area contributed by atoms with Gasteiger partial charge in [-0.25, -0.2) is 0 Å². The average molecular weight is 509 g/mol. The van der Waals surface area contributed by atoms with Crippen LogP contribution in [-0.4, -0.2) is 33.8 Å². The summed E-state index contributed by atoms with van der Waals surface area (Å²) in [6.45, 7) is 3.45. The molecule has 1 aliphatic heterocycles. The first-order valence-corrected chi connectivity index (χ1v) is 12.9. The Bertz CT molecular complexity index is 1580. The summed E-state index contributed by atoms with van der Waals surface area (Å²) in [4.78, 5) is 0. The number of tetrazole rings is 1. The third-order valence-electron chi connectivity index (χ3n) is 6.28. The second-order valence-corrected chi connectivity index (χ2v) is 9.56. The summed E-state index contributed by atoms with van der Waals surface area (Å²) in [5.74, 6) is 9.31. The zero-order valence-electron chi connectivity index (χ0n) is 20.2. The monoisotopic (exact) mass is 508 g/mol. The number of thiophene rings is 1. The Hall–Kier alpha value is -4.35. The van der Waals surface area contributed by atoms with Gasteiger partial charge >= 0.3 is 0 Å². The Morgan fingerprint density at radius 3 is 2.78 bits per heavy atom. The number of aromatic nitrogens is 4. The van der Waals surface area contributed by atoms with Gasteiger partial charge in [-0.3, -0.25) is 0 Å². The molecule has 0 saturated heterocycles. The normalized spacial score (nSPS) is 13.1. The summed E-state index contributed by atoms with van der Waals surface area (Å²) in [5.41, 5.74) is 4.40. The van der Waals surface area contributed by atoms with E-state index in [9.17, 15) is 0 Å². The number of aromatic amines is 1. The molecule has 6 rings (SSSR count). The molecule has 0 saturated carbocycles. The Balaban J connectivity index is 1.19. The highest BCUT2D eigenvalue weighted by Gasteiger charge is 2.19. The van der Waals surface area contributed by atoms with E-state index in [1.165, 1.54) is 10.1 Å². The number of ether oxygens (including phenoxy) is 3. The van der Waals surface area contributed by atoms with Crippen LogP contribution in [0.15, 0.2) is 66.0 Å². The van der Waals surface area contributed by atoms with Crippen LogP contribution in [0, 0.1) is 11.8 Å². The summed E-state index contributed by atoms with van der Waals surface area (Å²) < 4.78 is 19.1. The van der Waals surface area contributed by atoms with Crippen molar-refractivity contribution in [3.8, 4) is 40.2 Å². The van der Waals surface area contributed by atoms with E-state index in [4.69, 9.17) is 14.2 Å². The van der Waals surface area contributed by atoms with Gasteiger partial charge in [0.25, 0.3) is 0 Å². The van der Waals surface area contributed by atoms with Crippen LogP contribution in [0.4, 0.5) is 0 Å². The molecule has 1 N–H and O–H groups in total. The maximum Gasteiger partial charge on any atom is 0.176 e. The molecule has 0 bridgehead atoms. The summed E-state index contributed by atoms with van der Waals surface area (Å²) in [5, 5.41) is 17.6. The van der Waals surface area contributed by atoms with Crippen molar-refractivity contribution in [3.05, 3.63) is 83.0 Å². The first-order chi connectivity index (χ1) is 18.3. The Kier molecular flexibility index (Phi) is 6.44. The van der Waals surface area contributed by atoms with E-state index < -0.39 is 0 Å². The zero-order chi connectivity index (χ0) is 25.0. The fraction of sp³-hybridized carbons (Fsp3) is 0.207. The molecule has 37 heavy (non-hydrogen) atoms. The van der Waals surface area contributed by atoms with E-state index in [1.54, 1.807) is 11.3 Å². The second kappa shape index (κ2) is 10.3. The quantitative estimate of drug-likeness (QED) is 0.281. The minimum absolute atomic E-state index is 0.00539. The van der Waals surface area contributed by atoms with Crippen molar-refractivity contribution in [2.75, 3.05) is 13.2 Å². The van der Waals surface area contributed by atoms with Gasteiger partial charge in [0.15, 0.2) is 17.3 Å². The van der Waals surface area contributed by atoms with Gasteiger partial charge in [0.2, 0.25) is 0 Å². The molecule has 184 valence electrons. The summed E-state index contributed by atoms with van der Waals surface area (Å²) in [6.07, 6.45) is 0.600. The first-order valence-electron chi connectivity index (χ1n) is 12.0. The molecule has 3 heterocycles. The van der Waals surface area contributed by atoms with Crippen LogP contribution >= 0.6 is 11.3 Å². The maximum atomic E-state index is 6.14. The van der Waals surface area contributed by atoms with Gasteiger partial charge in [0, 0.05) is 27.6 Å². The molecular weight excluding hydrogens is 484 g/mol. The molecule has 1 atom stereocenters. The number of para-hydroxylation sites is 1. The molecule has 8 heteroatoms. The maximum absolute atomic E-state index is 6.14. The molecule has 0 fully saturated rings. The lowest BCUT2D eigenvalue weighted by atomic mass is 9.96. The lowest BCUT2D eigenvalue weighted by Crippen LogP contribution is -2.15. The van der Waals surface area contributed by atoms with Crippen molar-refractivity contribution < 1.29 is 14.2 Å². The smallest absolute Gasteiger partial charge is 0.176 e. The highest BCUT2D eigenvalue weighted by molar-refractivity contribution is 7.17. The molecule has 0 aliphatic carbocycles. The van der Waals surface area contributed by atoms with E-state index in [0.717, 1.165) is 39.5 Å². The van der Waals surface area contributed by atoms with E-state index in [-0.39, 0.29) is 5.92 Å². The number of hydrogen-bond acceptors (Lipinski definition) is 7. The number of fused-ring (bicyclic) bond motifs is 2. The Morgan fingerprint density at radius 2 is 1.95 bits per heavy atom. The van der Waals surface area contributed by atoms with Gasteiger partial charge in [0.05, 0.1) is 5.92 Å². The highest BCUT2D eigenvalue weighted by atomic mass is 32.1. The topological polar surface area (TPSA) is 82.2 Å². The van der Waals surface area contributed by atoms with Crippen LogP contribution in [0.3, 0.4) is 0 Å². The van der Waals surface area contributed by atoms with Crippen molar-refractivity contribution in [3.63, 3.8) is 0 Å². The predicted octanol–water partition coefficient (Wildman–Crippen LogP) is 5.78. The van der Waals surface area contributed by atoms with Crippen molar-refractivity contribution in [2.24, 2.45) is 0 Å².